The number of carbonyl (C=O) groups is 1. The Kier molecular flexibility index (Phi) is 4.75. The molecule has 2 aromatic heterocycles. The lowest BCUT2D eigenvalue weighted by atomic mass is 10.3. The van der Waals surface area contributed by atoms with E-state index < -0.39 is 0 Å². The fourth-order valence-corrected chi connectivity index (χ4v) is 3.19. The van der Waals surface area contributed by atoms with Crippen molar-refractivity contribution in [2.75, 3.05) is 31.1 Å². The minimum Gasteiger partial charge on any atom is -0.359 e. The van der Waals surface area contributed by atoms with E-state index in [1.807, 2.05) is 24.8 Å². The quantitative estimate of drug-likeness (QED) is 0.909. The molecule has 8 nitrogen and oxygen atoms in total. The summed E-state index contributed by atoms with van der Waals surface area (Å²) in [6, 6.07) is 1.74. The minimum atomic E-state index is -0.0785. The van der Waals surface area contributed by atoms with Gasteiger partial charge in [0.15, 0.2) is 5.76 Å². The number of carbonyl (C=O) groups excluding carboxylic acids is 1. The smallest absolute Gasteiger partial charge is 0.317 e. The molecule has 0 atom stereocenters. The summed E-state index contributed by atoms with van der Waals surface area (Å²) in [4.78, 5) is 20.7. The van der Waals surface area contributed by atoms with Gasteiger partial charge >= 0.3 is 6.03 Å². The first-order valence-electron chi connectivity index (χ1n) is 7.68. The van der Waals surface area contributed by atoms with Gasteiger partial charge in [0.1, 0.15) is 5.82 Å². The van der Waals surface area contributed by atoms with E-state index in [4.69, 9.17) is 4.52 Å². The molecule has 124 valence electrons. The predicted octanol–water partition coefficient (Wildman–Crippen LogP) is 1.43. The molecule has 23 heavy (non-hydrogen) atoms. The maximum atomic E-state index is 12.2. The standard InChI is InChI=1S/C14H20N6O2S/c1-3-12-16-14(23-18-12)20-6-4-19(5-7-20)13(21)15-9-11-8-10(2)17-22-11/h8H,3-7,9H2,1-2H3,(H,15,21). The third-order valence-electron chi connectivity index (χ3n) is 3.70. The second-order valence-corrected chi connectivity index (χ2v) is 6.14. The molecule has 1 fully saturated rings. The Hall–Kier alpha value is -2.16. The molecule has 1 aliphatic heterocycles. The van der Waals surface area contributed by atoms with Crippen molar-refractivity contribution in [1.82, 2.24) is 24.7 Å². The Morgan fingerprint density at radius 3 is 2.78 bits per heavy atom. The van der Waals surface area contributed by atoms with Crippen molar-refractivity contribution >= 4 is 22.7 Å². The topological polar surface area (TPSA) is 87.4 Å². The second-order valence-electron chi connectivity index (χ2n) is 5.41. The van der Waals surface area contributed by atoms with Gasteiger partial charge in [0, 0.05) is 50.2 Å². The number of hydrogen-bond donors (Lipinski definition) is 1. The first-order chi connectivity index (χ1) is 11.2. The van der Waals surface area contributed by atoms with Crippen LogP contribution in [-0.4, -0.2) is 51.6 Å². The summed E-state index contributed by atoms with van der Waals surface area (Å²) < 4.78 is 9.39. The van der Waals surface area contributed by atoms with Gasteiger partial charge in [-0.05, 0) is 6.92 Å². The number of urea groups is 1. The number of nitrogens with one attached hydrogen (secondary N) is 1. The van der Waals surface area contributed by atoms with Crippen molar-refractivity contribution in [1.29, 1.82) is 0 Å². The van der Waals surface area contributed by atoms with Crippen LogP contribution in [0.25, 0.3) is 0 Å². The van der Waals surface area contributed by atoms with Crippen molar-refractivity contribution in [2.24, 2.45) is 0 Å². The molecule has 1 saturated heterocycles. The highest BCUT2D eigenvalue weighted by atomic mass is 32.1. The number of aryl methyl sites for hydroxylation is 2. The fourth-order valence-electron chi connectivity index (χ4n) is 2.39. The second kappa shape index (κ2) is 6.95. The molecule has 0 bridgehead atoms. The Morgan fingerprint density at radius 1 is 1.39 bits per heavy atom. The lowest BCUT2D eigenvalue weighted by Crippen LogP contribution is -2.51. The van der Waals surface area contributed by atoms with Gasteiger partial charge in [-0.1, -0.05) is 12.1 Å². The first-order valence-corrected chi connectivity index (χ1v) is 8.45. The summed E-state index contributed by atoms with van der Waals surface area (Å²) in [6.07, 6.45) is 0.847. The predicted molar refractivity (Wildman–Crippen MR) is 86.5 cm³/mol. The molecule has 0 radical (unpaired) electrons. The number of amides is 2. The average molecular weight is 336 g/mol. The van der Waals surface area contributed by atoms with Crippen LogP contribution in [0.2, 0.25) is 0 Å². The highest BCUT2D eigenvalue weighted by Crippen LogP contribution is 2.19. The van der Waals surface area contributed by atoms with Gasteiger partial charge in [-0.2, -0.15) is 4.37 Å². The Bertz CT molecular complexity index is 662. The summed E-state index contributed by atoms with van der Waals surface area (Å²) in [5.74, 6) is 1.54. The third-order valence-corrected chi connectivity index (χ3v) is 4.52. The highest BCUT2D eigenvalue weighted by Gasteiger charge is 2.23. The van der Waals surface area contributed by atoms with E-state index in [0.29, 0.717) is 25.4 Å². The van der Waals surface area contributed by atoms with Crippen LogP contribution in [0.3, 0.4) is 0 Å². The fraction of sp³-hybridized carbons (Fsp3) is 0.571. The molecule has 9 heteroatoms. The van der Waals surface area contributed by atoms with Crippen LogP contribution in [0.1, 0.15) is 24.2 Å². The summed E-state index contributed by atoms with van der Waals surface area (Å²) in [5.41, 5.74) is 0.811. The van der Waals surface area contributed by atoms with Crippen molar-refractivity contribution < 1.29 is 9.32 Å². The van der Waals surface area contributed by atoms with Crippen LogP contribution in [-0.2, 0) is 13.0 Å². The third kappa shape index (κ3) is 3.79. The average Bonchev–Trinajstić information content (AvgIpc) is 3.21. The van der Waals surface area contributed by atoms with E-state index in [0.717, 1.165) is 36.2 Å². The van der Waals surface area contributed by atoms with Crippen LogP contribution >= 0.6 is 11.5 Å². The van der Waals surface area contributed by atoms with E-state index in [1.54, 1.807) is 0 Å². The lowest BCUT2D eigenvalue weighted by molar-refractivity contribution is 0.192. The van der Waals surface area contributed by atoms with Gasteiger partial charge in [0.2, 0.25) is 5.13 Å². The molecule has 3 rings (SSSR count). The molecule has 1 N–H and O–H groups in total. The zero-order chi connectivity index (χ0) is 16.2. The molecule has 2 amide bonds. The van der Waals surface area contributed by atoms with E-state index in [1.165, 1.54) is 11.5 Å². The molecule has 0 saturated carbocycles. The van der Waals surface area contributed by atoms with Crippen LogP contribution in [0.5, 0.6) is 0 Å². The number of hydrogen-bond acceptors (Lipinski definition) is 7. The van der Waals surface area contributed by atoms with E-state index in [2.05, 4.69) is 24.7 Å². The zero-order valence-electron chi connectivity index (χ0n) is 13.3. The van der Waals surface area contributed by atoms with Crippen molar-refractivity contribution in [3.8, 4) is 0 Å². The monoisotopic (exact) mass is 336 g/mol. The van der Waals surface area contributed by atoms with Gasteiger partial charge in [-0.25, -0.2) is 9.78 Å². The van der Waals surface area contributed by atoms with Crippen molar-refractivity contribution in [3.05, 3.63) is 23.3 Å². The van der Waals surface area contributed by atoms with Gasteiger partial charge in [0.25, 0.3) is 0 Å². The van der Waals surface area contributed by atoms with Crippen LogP contribution < -0.4 is 10.2 Å². The van der Waals surface area contributed by atoms with Crippen LogP contribution in [0.15, 0.2) is 10.6 Å². The number of nitrogens with zero attached hydrogens (tertiary/aromatic N) is 5. The Morgan fingerprint density at radius 2 is 2.17 bits per heavy atom. The molecule has 0 spiro atoms. The number of rotatable bonds is 4. The highest BCUT2D eigenvalue weighted by molar-refractivity contribution is 7.09. The Balaban J connectivity index is 1.47. The summed E-state index contributed by atoms with van der Waals surface area (Å²) in [5, 5.41) is 7.60. The maximum absolute atomic E-state index is 12.2. The molecule has 1 aliphatic rings. The zero-order valence-corrected chi connectivity index (χ0v) is 14.1. The first kappa shape index (κ1) is 15.7. The molecular weight excluding hydrogens is 316 g/mol. The van der Waals surface area contributed by atoms with Crippen LogP contribution in [0, 0.1) is 6.92 Å². The van der Waals surface area contributed by atoms with Crippen LogP contribution in [0.4, 0.5) is 9.93 Å². The maximum Gasteiger partial charge on any atom is 0.317 e. The van der Waals surface area contributed by atoms with Crippen molar-refractivity contribution in [3.63, 3.8) is 0 Å². The molecular formula is C14H20N6O2S. The van der Waals surface area contributed by atoms with E-state index in [9.17, 15) is 4.79 Å². The number of aromatic nitrogens is 3. The summed E-state index contributed by atoms with van der Waals surface area (Å²) >= 11 is 1.43. The van der Waals surface area contributed by atoms with Gasteiger partial charge in [-0.3, -0.25) is 0 Å². The van der Waals surface area contributed by atoms with Crippen molar-refractivity contribution in [2.45, 2.75) is 26.8 Å². The minimum absolute atomic E-state index is 0.0785. The molecule has 3 heterocycles. The van der Waals surface area contributed by atoms with E-state index in [-0.39, 0.29) is 6.03 Å². The normalized spacial score (nSPS) is 15.0. The molecule has 2 aromatic rings. The van der Waals surface area contributed by atoms with Gasteiger partial charge in [0.05, 0.1) is 12.2 Å². The molecule has 0 unspecified atom stereocenters. The molecule has 0 aliphatic carbocycles. The lowest BCUT2D eigenvalue weighted by Gasteiger charge is -2.34. The van der Waals surface area contributed by atoms with E-state index >= 15 is 0 Å². The largest absolute Gasteiger partial charge is 0.359 e. The summed E-state index contributed by atoms with van der Waals surface area (Å²) in [6.45, 7) is 7.14. The van der Waals surface area contributed by atoms with Gasteiger partial charge in [-0.15, -0.1) is 0 Å². The summed E-state index contributed by atoms with van der Waals surface area (Å²) in [7, 11) is 0. The molecule has 0 aromatic carbocycles. The number of anilines is 1. The Labute approximate surface area is 138 Å². The SMILES string of the molecule is CCc1nsc(N2CCN(C(=O)NCc3cc(C)no3)CC2)n1. The van der Waals surface area contributed by atoms with Gasteiger partial charge < -0.3 is 19.6 Å². The number of piperazine rings is 1.